The standard InChI is InChI=1S/C12H17O2/c1-10-5-4-6-12(9-10)14-8-7-11(2)13-3/h4,6,9,11H,7-8H2,1-3H3/t11-/m1/s1. The first kappa shape index (κ1) is 11.1. The summed E-state index contributed by atoms with van der Waals surface area (Å²) < 4.78 is 10.7. The molecule has 0 aliphatic carbocycles. The van der Waals surface area contributed by atoms with E-state index in [0.717, 1.165) is 17.7 Å². The molecule has 1 aromatic carbocycles. The number of hydrogen-bond donors (Lipinski definition) is 0. The van der Waals surface area contributed by atoms with Gasteiger partial charge in [-0.05, 0) is 37.6 Å². The van der Waals surface area contributed by atoms with Gasteiger partial charge >= 0.3 is 0 Å². The van der Waals surface area contributed by atoms with E-state index in [0.29, 0.717) is 6.61 Å². The summed E-state index contributed by atoms with van der Waals surface area (Å²) in [6.07, 6.45) is 1.17. The Labute approximate surface area is 85.8 Å². The minimum absolute atomic E-state index is 0.256. The van der Waals surface area contributed by atoms with Gasteiger partial charge in [0.15, 0.2) is 0 Å². The molecule has 14 heavy (non-hydrogen) atoms. The molecule has 0 aromatic heterocycles. The highest BCUT2D eigenvalue weighted by Crippen LogP contribution is 2.12. The molecular formula is C12H17O2. The first-order valence-corrected chi connectivity index (χ1v) is 4.86. The summed E-state index contributed by atoms with van der Waals surface area (Å²) in [6, 6.07) is 8.86. The van der Waals surface area contributed by atoms with Gasteiger partial charge in [0.1, 0.15) is 5.75 Å². The van der Waals surface area contributed by atoms with Crippen molar-refractivity contribution >= 4 is 0 Å². The molecule has 0 spiro atoms. The maximum atomic E-state index is 5.56. The lowest BCUT2D eigenvalue weighted by Gasteiger charge is -2.10. The Bertz CT molecular complexity index is 271. The maximum absolute atomic E-state index is 5.56. The second kappa shape index (κ2) is 5.66. The summed E-state index contributed by atoms with van der Waals surface area (Å²) in [7, 11) is 1.71. The molecule has 0 fully saturated rings. The first-order valence-electron chi connectivity index (χ1n) is 4.86. The van der Waals surface area contributed by atoms with Crippen molar-refractivity contribution in [1.29, 1.82) is 0 Å². The van der Waals surface area contributed by atoms with E-state index in [1.165, 1.54) is 0 Å². The Morgan fingerprint density at radius 1 is 1.50 bits per heavy atom. The van der Waals surface area contributed by atoms with Crippen molar-refractivity contribution in [1.82, 2.24) is 0 Å². The van der Waals surface area contributed by atoms with E-state index in [1.807, 2.05) is 32.0 Å². The number of hydrogen-bond acceptors (Lipinski definition) is 2. The Hall–Kier alpha value is -1.02. The van der Waals surface area contributed by atoms with Crippen molar-refractivity contribution in [2.45, 2.75) is 26.4 Å². The van der Waals surface area contributed by atoms with Crippen molar-refractivity contribution in [3.63, 3.8) is 0 Å². The van der Waals surface area contributed by atoms with Crippen LogP contribution in [0.2, 0.25) is 0 Å². The molecular weight excluding hydrogens is 176 g/mol. The van der Waals surface area contributed by atoms with Gasteiger partial charge in [-0.1, -0.05) is 6.07 Å². The quantitative estimate of drug-likeness (QED) is 0.715. The average molecular weight is 193 g/mol. The second-order valence-electron chi connectivity index (χ2n) is 3.39. The predicted molar refractivity (Wildman–Crippen MR) is 56.6 cm³/mol. The van der Waals surface area contributed by atoms with Crippen molar-refractivity contribution in [2.24, 2.45) is 0 Å². The van der Waals surface area contributed by atoms with Crippen molar-refractivity contribution in [2.75, 3.05) is 13.7 Å². The molecule has 0 saturated heterocycles. The van der Waals surface area contributed by atoms with Crippen LogP contribution in [0.15, 0.2) is 18.2 Å². The van der Waals surface area contributed by atoms with E-state index in [9.17, 15) is 0 Å². The number of aryl methyl sites for hydroxylation is 1. The van der Waals surface area contributed by atoms with Crippen LogP contribution in [0.25, 0.3) is 0 Å². The largest absolute Gasteiger partial charge is 0.493 e. The normalized spacial score (nSPS) is 12.5. The summed E-state index contributed by atoms with van der Waals surface area (Å²) in [4.78, 5) is 0. The smallest absolute Gasteiger partial charge is 0.119 e. The molecule has 2 heteroatoms. The van der Waals surface area contributed by atoms with Crippen molar-refractivity contribution in [3.05, 3.63) is 29.8 Å². The average Bonchev–Trinajstić information content (AvgIpc) is 2.17. The highest BCUT2D eigenvalue weighted by Gasteiger charge is 1.99. The fourth-order valence-corrected chi connectivity index (χ4v) is 1.11. The van der Waals surface area contributed by atoms with Gasteiger partial charge in [0.2, 0.25) is 0 Å². The molecule has 0 amide bonds. The van der Waals surface area contributed by atoms with Gasteiger partial charge in [-0.15, -0.1) is 0 Å². The summed E-state index contributed by atoms with van der Waals surface area (Å²) in [5, 5.41) is 0. The van der Waals surface area contributed by atoms with Crippen molar-refractivity contribution < 1.29 is 9.47 Å². The third kappa shape index (κ3) is 3.79. The molecule has 1 radical (unpaired) electrons. The maximum Gasteiger partial charge on any atom is 0.119 e. The van der Waals surface area contributed by atoms with Crippen LogP contribution in [-0.4, -0.2) is 19.8 Å². The van der Waals surface area contributed by atoms with E-state index in [1.54, 1.807) is 7.11 Å². The number of ether oxygens (including phenoxy) is 2. The molecule has 0 bridgehead atoms. The van der Waals surface area contributed by atoms with Gasteiger partial charge in [-0.3, -0.25) is 0 Å². The molecule has 77 valence electrons. The van der Waals surface area contributed by atoms with Crippen LogP contribution in [0.3, 0.4) is 0 Å². The van der Waals surface area contributed by atoms with Crippen LogP contribution in [0.1, 0.15) is 18.9 Å². The molecule has 0 N–H and O–H groups in total. The molecule has 0 saturated carbocycles. The number of rotatable bonds is 5. The zero-order chi connectivity index (χ0) is 10.4. The fourth-order valence-electron chi connectivity index (χ4n) is 1.11. The van der Waals surface area contributed by atoms with E-state index in [4.69, 9.17) is 9.47 Å². The van der Waals surface area contributed by atoms with E-state index < -0.39 is 0 Å². The van der Waals surface area contributed by atoms with Gasteiger partial charge in [0.25, 0.3) is 0 Å². The zero-order valence-corrected chi connectivity index (χ0v) is 9.04. The van der Waals surface area contributed by atoms with Crippen LogP contribution in [0.5, 0.6) is 5.75 Å². The third-order valence-corrected chi connectivity index (χ3v) is 2.11. The molecule has 0 heterocycles. The van der Waals surface area contributed by atoms with E-state index in [2.05, 4.69) is 6.07 Å². The minimum Gasteiger partial charge on any atom is -0.493 e. The van der Waals surface area contributed by atoms with Crippen LogP contribution in [0.4, 0.5) is 0 Å². The van der Waals surface area contributed by atoms with Gasteiger partial charge in [0, 0.05) is 13.5 Å². The second-order valence-corrected chi connectivity index (χ2v) is 3.39. The highest BCUT2D eigenvalue weighted by molar-refractivity contribution is 5.26. The lowest BCUT2D eigenvalue weighted by atomic mass is 10.2. The van der Waals surface area contributed by atoms with Crippen LogP contribution in [0, 0.1) is 13.0 Å². The highest BCUT2D eigenvalue weighted by atomic mass is 16.5. The summed E-state index contributed by atoms with van der Waals surface area (Å²) >= 11 is 0. The van der Waals surface area contributed by atoms with E-state index >= 15 is 0 Å². The monoisotopic (exact) mass is 193 g/mol. The topological polar surface area (TPSA) is 18.5 Å². The Morgan fingerprint density at radius 3 is 2.93 bits per heavy atom. The third-order valence-electron chi connectivity index (χ3n) is 2.11. The summed E-state index contributed by atoms with van der Waals surface area (Å²) in [5.74, 6) is 0.907. The van der Waals surface area contributed by atoms with Crippen molar-refractivity contribution in [3.8, 4) is 5.75 Å². The van der Waals surface area contributed by atoms with E-state index in [-0.39, 0.29) is 6.10 Å². The fraction of sp³-hybridized carbons (Fsp3) is 0.500. The van der Waals surface area contributed by atoms with Gasteiger partial charge in [-0.2, -0.15) is 0 Å². The van der Waals surface area contributed by atoms with Crippen LogP contribution < -0.4 is 4.74 Å². The lowest BCUT2D eigenvalue weighted by molar-refractivity contribution is 0.0955. The molecule has 0 aliphatic heterocycles. The van der Waals surface area contributed by atoms with Gasteiger partial charge in [0.05, 0.1) is 12.7 Å². The first-order chi connectivity index (χ1) is 6.72. The molecule has 1 aromatic rings. The Balaban J connectivity index is 2.31. The zero-order valence-electron chi connectivity index (χ0n) is 9.04. The molecule has 1 atom stereocenters. The minimum atomic E-state index is 0.256. The van der Waals surface area contributed by atoms with Crippen LogP contribution >= 0.6 is 0 Å². The number of methoxy groups -OCH3 is 1. The molecule has 0 unspecified atom stereocenters. The molecule has 1 rings (SSSR count). The molecule has 0 aliphatic rings. The molecule has 2 nitrogen and oxygen atoms in total. The number of benzene rings is 1. The SMILES string of the molecule is CO[C@H](C)CCOc1cc[c]c(C)c1. The van der Waals surface area contributed by atoms with Crippen LogP contribution in [-0.2, 0) is 4.74 Å². The lowest BCUT2D eigenvalue weighted by Crippen LogP contribution is -2.10. The predicted octanol–water partition coefficient (Wildman–Crippen LogP) is 2.60. The van der Waals surface area contributed by atoms with Gasteiger partial charge in [-0.25, -0.2) is 0 Å². The summed E-state index contributed by atoms with van der Waals surface area (Å²) in [6.45, 7) is 4.73. The Morgan fingerprint density at radius 2 is 2.29 bits per heavy atom. The Kier molecular flexibility index (Phi) is 4.47. The summed E-state index contributed by atoms with van der Waals surface area (Å²) in [5.41, 5.74) is 1.10. The van der Waals surface area contributed by atoms with Gasteiger partial charge < -0.3 is 9.47 Å².